The fourth-order valence-corrected chi connectivity index (χ4v) is 2.89. The summed E-state index contributed by atoms with van der Waals surface area (Å²) in [5, 5.41) is 13.3. The Kier molecular flexibility index (Phi) is 4.04. The highest BCUT2D eigenvalue weighted by atomic mass is 16.3. The zero-order valence-electron chi connectivity index (χ0n) is 12.5. The van der Waals surface area contributed by atoms with E-state index in [-0.39, 0.29) is 6.04 Å². The van der Waals surface area contributed by atoms with Gasteiger partial charge >= 0.3 is 0 Å². The van der Waals surface area contributed by atoms with E-state index in [9.17, 15) is 5.11 Å². The van der Waals surface area contributed by atoms with E-state index < -0.39 is 0 Å². The molecule has 1 aliphatic rings. The molecule has 1 saturated heterocycles. The summed E-state index contributed by atoms with van der Waals surface area (Å²) in [5.41, 5.74) is 2.46. The van der Waals surface area contributed by atoms with Crippen LogP contribution in [0.5, 0.6) is 5.75 Å². The minimum Gasteiger partial charge on any atom is -0.508 e. The second-order valence-corrected chi connectivity index (χ2v) is 6.44. The number of anilines is 1. The van der Waals surface area contributed by atoms with Crippen molar-refractivity contribution in [2.24, 2.45) is 5.41 Å². The van der Waals surface area contributed by atoms with Crippen LogP contribution < -0.4 is 10.2 Å². The number of hydrogen-bond acceptors (Lipinski definition) is 3. The number of nitrogens with one attached hydrogen (secondary N) is 1. The maximum atomic E-state index is 10.2. The van der Waals surface area contributed by atoms with Gasteiger partial charge < -0.3 is 15.3 Å². The fourth-order valence-electron chi connectivity index (χ4n) is 2.89. The zero-order chi connectivity index (χ0) is 14.0. The zero-order valence-corrected chi connectivity index (χ0v) is 12.5. The van der Waals surface area contributed by atoms with Crippen molar-refractivity contribution in [2.75, 3.05) is 25.0 Å². The van der Waals surface area contributed by atoms with Gasteiger partial charge in [-0.3, -0.25) is 0 Å². The summed E-state index contributed by atoms with van der Waals surface area (Å²) in [6.45, 7) is 8.84. The maximum absolute atomic E-state index is 10.2. The number of benzene rings is 1. The van der Waals surface area contributed by atoms with E-state index in [1.165, 1.54) is 12.8 Å². The molecule has 0 bridgehead atoms. The van der Waals surface area contributed by atoms with Gasteiger partial charge in [-0.1, -0.05) is 19.9 Å². The van der Waals surface area contributed by atoms with Crippen molar-refractivity contribution in [1.29, 1.82) is 0 Å². The summed E-state index contributed by atoms with van der Waals surface area (Å²) in [5.74, 6) is 0.391. The first-order valence-corrected chi connectivity index (χ1v) is 7.18. The molecule has 106 valence electrons. The van der Waals surface area contributed by atoms with E-state index >= 15 is 0 Å². The molecule has 2 rings (SSSR count). The SMILES string of the molecule is CNC(C)c1ccc(N2CCCC(C)(C)C2)cc1O. The largest absolute Gasteiger partial charge is 0.508 e. The van der Waals surface area contributed by atoms with Gasteiger partial charge in [0.05, 0.1) is 0 Å². The van der Waals surface area contributed by atoms with Crippen molar-refractivity contribution >= 4 is 5.69 Å². The molecule has 3 nitrogen and oxygen atoms in total. The highest BCUT2D eigenvalue weighted by Gasteiger charge is 2.26. The first-order valence-electron chi connectivity index (χ1n) is 7.18. The Morgan fingerprint density at radius 3 is 2.68 bits per heavy atom. The average Bonchev–Trinajstić information content (AvgIpc) is 2.36. The third-order valence-corrected chi connectivity index (χ3v) is 4.18. The summed E-state index contributed by atoms with van der Waals surface area (Å²) in [4.78, 5) is 2.39. The molecule has 1 heterocycles. The Morgan fingerprint density at radius 2 is 2.11 bits per heavy atom. The average molecular weight is 262 g/mol. The van der Waals surface area contributed by atoms with E-state index in [0.717, 1.165) is 24.3 Å². The summed E-state index contributed by atoms with van der Waals surface area (Å²) >= 11 is 0. The van der Waals surface area contributed by atoms with Crippen molar-refractivity contribution < 1.29 is 5.11 Å². The molecule has 0 saturated carbocycles. The molecular weight excluding hydrogens is 236 g/mol. The Bertz CT molecular complexity index is 442. The van der Waals surface area contributed by atoms with Crippen LogP contribution in [0.25, 0.3) is 0 Å². The van der Waals surface area contributed by atoms with Crippen LogP contribution in [0.3, 0.4) is 0 Å². The Balaban J connectivity index is 2.20. The molecule has 0 radical (unpaired) electrons. The summed E-state index contributed by atoms with van der Waals surface area (Å²) in [6.07, 6.45) is 2.51. The number of phenols is 1. The van der Waals surface area contributed by atoms with Gasteiger partial charge in [-0.05, 0) is 38.3 Å². The van der Waals surface area contributed by atoms with Gasteiger partial charge in [-0.25, -0.2) is 0 Å². The molecule has 2 N–H and O–H groups in total. The van der Waals surface area contributed by atoms with Crippen LogP contribution in [0.1, 0.15) is 45.2 Å². The lowest BCUT2D eigenvalue weighted by Crippen LogP contribution is -2.40. The van der Waals surface area contributed by atoms with Gasteiger partial charge in [0.25, 0.3) is 0 Å². The lowest BCUT2D eigenvalue weighted by Gasteiger charge is -2.39. The Labute approximate surface area is 116 Å². The van der Waals surface area contributed by atoms with Gasteiger partial charge in [-0.15, -0.1) is 0 Å². The minimum atomic E-state index is 0.173. The first-order chi connectivity index (χ1) is 8.93. The molecule has 1 aromatic carbocycles. The molecule has 3 heteroatoms. The van der Waals surface area contributed by atoms with Crippen molar-refractivity contribution in [2.45, 2.75) is 39.7 Å². The maximum Gasteiger partial charge on any atom is 0.122 e. The molecule has 0 aromatic heterocycles. The normalized spacial score (nSPS) is 20.3. The van der Waals surface area contributed by atoms with Gasteiger partial charge in [-0.2, -0.15) is 0 Å². The third kappa shape index (κ3) is 3.21. The van der Waals surface area contributed by atoms with Crippen LogP contribution in [0.15, 0.2) is 18.2 Å². The number of piperidine rings is 1. The molecule has 1 aromatic rings. The number of nitrogens with zero attached hydrogens (tertiary/aromatic N) is 1. The van der Waals surface area contributed by atoms with Crippen LogP contribution in [-0.2, 0) is 0 Å². The molecule has 0 spiro atoms. The molecule has 1 unspecified atom stereocenters. The van der Waals surface area contributed by atoms with Crippen molar-refractivity contribution in [3.63, 3.8) is 0 Å². The second-order valence-electron chi connectivity index (χ2n) is 6.44. The Morgan fingerprint density at radius 1 is 1.37 bits per heavy atom. The van der Waals surface area contributed by atoms with Crippen molar-refractivity contribution in [3.05, 3.63) is 23.8 Å². The first kappa shape index (κ1) is 14.2. The summed E-state index contributed by atoms with van der Waals surface area (Å²) in [7, 11) is 1.91. The van der Waals surface area contributed by atoms with Crippen LogP contribution in [0, 0.1) is 5.41 Å². The molecule has 1 atom stereocenters. The van der Waals surface area contributed by atoms with Crippen LogP contribution >= 0.6 is 0 Å². The van der Waals surface area contributed by atoms with Gasteiger partial charge in [0.2, 0.25) is 0 Å². The molecule has 19 heavy (non-hydrogen) atoms. The van der Waals surface area contributed by atoms with E-state index in [1.54, 1.807) is 0 Å². The van der Waals surface area contributed by atoms with Crippen molar-refractivity contribution in [1.82, 2.24) is 5.32 Å². The van der Waals surface area contributed by atoms with E-state index in [1.807, 2.05) is 19.2 Å². The van der Waals surface area contributed by atoms with Crippen LogP contribution in [0.2, 0.25) is 0 Å². The highest BCUT2D eigenvalue weighted by molar-refractivity contribution is 5.54. The molecule has 1 aliphatic heterocycles. The van der Waals surface area contributed by atoms with Gasteiger partial charge in [0.1, 0.15) is 5.75 Å². The predicted octanol–water partition coefficient (Wildman–Crippen LogP) is 3.30. The number of hydrogen-bond donors (Lipinski definition) is 2. The smallest absolute Gasteiger partial charge is 0.122 e. The molecule has 0 amide bonds. The quantitative estimate of drug-likeness (QED) is 0.877. The molecule has 1 fully saturated rings. The number of aromatic hydroxyl groups is 1. The van der Waals surface area contributed by atoms with E-state index in [0.29, 0.717) is 11.2 Å². The summed E-state index contributed by atoms with van der Waals surface area (Å²) in [6, 6.07) is 6.24. The predicted molar refractivity (Wildman–Crippen MR) is 80.8 cm³/mol. The summed E-state index contributed by atoms with van der Waals surface area (Å²) < 4.78 is 0. The topological polar surface area (TPSA) is 35.5 Å². The number of rotatable bonds is 3. The van der Waals surface area contributed by atoms with Gasteiger partial charge in [0.15, 0.2) is 0 Å². The second kappa shape index (κ2) is 5.41. The number of phenolic OH excluding ortho intramolecular Hbond substituents is 1. The van der Waals surface area contributed by atoms with Crippen LogP contribution in [0.4, 0.5) is 5.69 Å². The lowest BCUT2D eigenvalue weighted by atomic mass is 9.84. The Hall–Kier alpha value is -1.22. The third-order valence-electron chi connectivity index (χ3n) is 4.18. The van der Waals surface area contributed by atoms with Crippen molar-refractivity contribution in [3.8, 4) is 5.75 Å². The molecule has 0 aliphatic carbocycles. The van der Waals surface area contributed by atoms with E-state index in [2.05, 4.69) is 37.1 Å². The lowest BCUT2D eigenvalue weighted by molar-refractivity contribution is 0.293. The molecular formula is C16H26N2O. The van der Waals surface area contributed by atoms with E-state index in [4.69, 9.17) is 0 Å². The van der Waals surface area contributed by atoms with Gasteiger partial charge in [0, 0.05) is 36.4 Å². The fraction of sp³-hybridized carbons (Fsp3) is 0.625. The minimum absolute atomic E-state index is 0.173. The highest BCUT2D eigenvalue weighted by Crippen LogP contribution is 2.34. The standard InChI is InChI=1S/C16H26N2O/c1-12(17-4)14-7-6-13(10-15(14)19)18-9-5-8-16(2,3)11-18/h6-7,10,12,17,19H,5,8-9,11H2,1-4H3. The monoisotopic (exact) mass is 262 g/mol. The van der Waals surface area contributed by atoms with Crippen LogP contribution in [-0.4, -0.2) is 25.2 Å².